The number of hydrogen-bond acceptors (Lipinski definition) is 4. The van der Waals surface area contributed by atoms with E-state index in [-0.39, 0.29) is 6.61 Å². The molecule has 0 saturated carbocycles. The molecule has 0 N–H and O–H groups in total. The predicted octanol–water partition coefficient (Wildman–Crippen LogP) is 4.59. The van der Waals surface area contributed by atoms with Gasteiger partial charge in [-0.15, -0.1) is 0 Å². The van der Waals surface area contributed by atoms with Crippen molar-refractivity contribution >= 4 is 11.6 Å². The van der Waals surface area contributed by atoms with E-state index in [1.807, 2.05) is 44.2 Å². The molecule has 3 aromatic rings. The van der Waals surface area contributed by atoms with Crippen molar-refractivity contribution in [3.63, 3.8) is 0 Å². The minimum atomic E-state index is 0.224. The van der Waals surface area contributed by atoms with Crippen LogP contribution in [0.1, 0.15) is 17.0 Å². The van der Waals surface area contributed by atoms with Crippen LogP contribution in [0.4, 0.5) is 0 Å². The van der Waals surface area contributed by atoms with E-state index in [4.69, 9.17) is 20.9 Å². The molecule has 3 rings (SSSR count). The van der Waals surface area contributed by atoms with Crippen LogP contribution >= 0.6 is 11.6 Å². The number of aromatic nitrogens is 2. The Kier molecular flexibility index (Phi) is 4.11. The van der Waals surface area contributed by atoms with Crippen LogP contribution in [0.25, 0.3) is 11.4 Å². The molecule has 0 bridgehead atoms. The van der Waals surface area contributed by atoms with E-state index in [9.17, 15) is 0 Å². The molecule has 0 saturated heterocycles. The Morgan fingerprint density at radius 1 is 1.14 bits per heavy atom. The van der Waals surface area contributed by atoms with Gasteiger partial charge in [0.25, 0.3) is 5.89 Å². The van der Waals surface area contributed by atoms with Crippen LogP contribution in [0, 0.1) is 13.8 Å². The Hall–Kier alpha value is -2.33. The molecular weight excluding hydrogens is 300 g/mol. The van der Waals surface area contributed by atoms with Gasteiger partial charge in [0.1, 0.15) is 5.75 Å². The Bertz CT molecular complexity index is 799. The van der Waals surface area contributed by atoms with Gasteiger partial charge in [-0.3, -0.25) is 0 Å². The summed E-state index contributed by atoms with van der Waals surface area (Å²) in [6.07, 6.45) is 0. The molecule has 0 aliphatic carbocycles. The van der Waals surface area contributed by atoms with Gasteiger partial charge >= 0.3 is 0 Å². The Morgan fingerprint density at radius 2 is 1.95 bits per heavy atom. The molecule has 0 aliphatic rings. The quantitative estimate of drug-likeness (QED) is 0.707. The van der Waals surface area contributed by atoms with Gasteiger partial charge in [0.2, 0.25) is 5.82 Å². The minimum absolute atomic E-state index is 0.224. The Morgan fingerprint density at radius 3 is 2.73 bits per heavy atom. The maximum atomic E-state index is 6.12. The van der Waals surface area contributed by atoms with E-state index in [2.05, 4.69) is 16.2 Å². The normalized spacial score (nSPS) is 10.7. The molecule has 5 heteroatoms. The van der Waals surface area contributed by atoms with Crippen LogP contribution < -0.4 is 4.74 Å². The first kappa shape index (κ1) is 14.6. The highest BCUT2D eigenvalue weighted by Crippen LogP contribution is 2.25. The zero-order valence-electron chi connectivity index (χ0n) is 12.3. The third kappa shape index (κ3) is 3.12. The third-order valence-electron chi connectivity index (χ3n) is 3.26. The molecule has 22 heavy (non-hydrogen) atoms. The lowest BCUT2D eigenvalue weighted by atomic mass is 10.1. The topological polar surface area (TPSA) is 48.2 Å². The van der Waals surface area contributed by atoms with Gasteiger partial charge in [-0.1, -0.05) is 46.6 Å². The van der Waals surface area contributed by atoms with Crippen LogP contribution in [0.5, 0.6) is 5.75 Å². The number of halogens is 1. The van der Waals surface area contributed by atoms with E-state index >= 15 is 0 Å². The number of benzene rings is 2. The average Bonchev–Trinajstić information content (AvgIpc) is 2.95. The summed E-state index contributed by atoms with van der Waals surface area (Å²) in [6, 6.07) is 13.4. The van der Waals surface area contributed by atoms with Crippen molar-refractivity contribution < 1.29 is 9.26 Å². The number of ether oxygens (including phenoxy) is 1. The molecule has 4 nitrogen and oxygen atoms in total. The first-order valence-corrected chi connectivity index (χ1v) is 7.29. The Balaban J connectivity index is 1.74. The van der Waals surface area contributed by atoms with Crippen molar-refractivity contribution in [2.45, 2.75) is 20.5 Å². The van der Waals surface area contributed by atoms with Gasteiger partial charge in [0.05, 0.1) is 5.02 Å². The predicted molar refractivity (Wildman–Crippen MR) is 85.0 cm³/mol. The second-order valence-electron chi connectivity index (χ2n) is 5.05. The molecule has 1 aromatic heterocycles. The van der Waals surface area contributed by atoms with Crippen LogP contribution in [0.3, 0.4) is 0 Å². The molecule has 0 unspecified atom stereocenters. The fourth-order valence-electron chi connectivity index (χ4n) is 2.17. The van der Waals surface area contributed by atoms with Gasteiger partial charge < -0.3 is 9.26 Å². The van der Waals surface area contributed by atoms with Crippen molar-refractivity contribution in [3.8, 4) is 17.1 Å². The monoisotopic (exact) mass is 314 g/mol. The van der Waals surface area contributed by atoms with E-state index in [1.165, 1.54) is 5.56 Å². The van der Waals surface area contributed by atoms with Gasteiger partial charge in [-0.2, -0.15) is 4.98 Å². The summed E-state index contributed by atoms with van der Waals surface area (Å²) in [4.78, 5) is 4.32. The van der Waals surface area contributed by atoms with Crippen molar-refractivity contribution in [3.05, 3.63) is 64.5 Å². The molecule has 0 radical (unpaired) electrons. The zero-order chi connectivity index (χ0) is 15.5. The van der Waals surface area contributed by atoms with Gasteiger partial charge in [0, 0.05) is 5.56 Å². The first-order chi connectivity index (χ1) is 10.6. The molecule has 1 heterocycles. The molecule has 0 aliphatic heterocycles. The fourth-order valence-corrected chi connectivity index (χ4v) is 2.39. The van der Waals surface area contributed by atoms with Crippen molar-refractivity contribution in [1.82, 2.24) is 10.1 Å². The lowest BCUT2D eigenvalue weighted by Gasteiger charge is -2.07. The van der Waals surface area contributed by atoms with Crippen molar-refractivity contribution in [2.24, 2.45) is 0 Å². The summed E-state index contributed by atoms with van der Waals surface area (Å²) < 4.78 is 10.9. The molecule has 0 fully saturated rings. The maximum absolute atomic E-state index is 6.12. The number of rotatable bonds is 4. The largest absolute Gasteiger partial charge is 0.483 e. The van der Waals surface area contributed by atoms with E-state index in [1.54, 1.807) is 6.07 Å². The lowest BCUT2D eigenvalue weighted by Crippen LogP contribution is -1.97. The third-order valence-corrected chi connectivity index (χ3v) is 3.59. The number of hydrogen-bond donors (Lipinski definition) is 0. The summed E-state index contributed by atoms with van der Waals surface area (Å²) in [7, 11) is 0. The van der Waals surface area contributed by atoms with Crippen LogP contribution in [-0.2, 0) is 6.61 Å². The highest BCUT2D eigenvalue weighted by molar-refractivity contribution is 6.33. The first-order valence-electron chi connectivity index (χ1n) is 6.91. The summed E-state index contributed by atoms with van der Waals surface area (Å²) in [5.74, 6) is 1.68. The molecule has 0 spiro atoms. The number of aryl methyl sites for hydroxylation is 2. The standard InChI is InChI=1S/C17H15ClN2O2/c1-11-7-8-15(12(2)9-11)21-10-16-19-17(20-22-16)13-5-3-4-6-14(13)18/h3-9H,10H2,1-2H3. The Labute approximate surface area is 133 Å². The fraction of sp³-hybridized carbons (Fsp3) is 0.176. The summed E-state index contributed by atoms with van der Waals surface area (Å²) in [5, 5.41) is 4.53. The average molecular weight is 315 g/mol. The van der Waals surface area contributed by atoms with Gasteiger partial charge in [-0.05, 0) is 37.6 Å². The summed E-state index contributed by atoms with van der Waals surface area (Å²) in [6.45, 7) is 4.28. The zero-order valence-corrected chi connectivity index (χ0v) is 13.1. The van der Waals surface area contributed by atoms with Gasteiger partial charge in [-0.25, -0.2) is 0 Å². The van der Waals surface area contributed by atoms with Crippen LogP contribution in [0.15, 0.2) is 47.0 Å². The van der Waals surface area contributed by atoms with E-state index in [0.29, 0.717) is 16.7 Å². The SMILES string of the molecule is Cc1ccc(OCc2nc(-c3ccccc3Cl)no2)c(C)c1. The number of nitrogens with zero attached hydrogens (tertiary/aromatic N) is 2. The van der Waals surface area contributed by atoms with Crippen LogP contribution in [-0.4, -0.2) is 10.1 Å². The maximum Gasteiger partial charge on any atom is 0.264 e. The molecule has 2 aromatic carbocycles. The van der Waals surface area contributed by atoms with Gasteiger partial charge in [0.15, 0.2) is 6.61 Å². The molecular formula is C17H15ClN2O2. The van der Waals surface area contributed by atoms with E-state index < -0.39 is 0 Å². The van der Waals surface area contributed by atoms with E-state index in [0.717, 1.165) is 16.9 Å². The smallest absolute Gasteiger partial charge is 0.264 e. The highest BCUT2D eigenvalue weighted by Gasteiger charge is 2.12. The highest BCUT2D eigenvalue weighted by atomic mass is 35.5. The summed E-state index contributed by atoms with van der Waals surface area (Å²) in [5.41, 5.74) is 3.01. The lowest BCUT2D eigenvalue weighted by molar-refractivity contribution is 0.241. The molecule has 112 valence electrons. The van der Waals surface area contributed by atoms with Crippen molar-refractivity contribution in [1.29, 1.82) is 0 Å². The van der Waals surface area contributed by atoms with Crippen LogP contribution in [0.2, 0.25) is 5.02 Å². The molecule has 0 amide bonds. The van der Waals surface area contributed by atoms with Crippen molar-refractivity contribution in [2.75, 3.05) is 0 Å². The second kappa shape index (κ2) is 6.20. The molecule has 0 atom stereocenters. The minimum Gasteiger partial charge on any atom is -0.483 e. The second-order valence-corrected chi connectivity index (χ2v) is 5.46. The summed E-state index contributed by atoms with van der Waals surface area (Å²) >= 11 is 6.12.